The third-order valence-electron chi connectivity index (χ3n) is 4.44. The molecule has 4 heteroatoms. The van der Waals surface area contributed by atoms with Gasteiger partial charge in [-0.3, -0.25) is 4.79 Å². The fourth-order valence-electron chi connectivity index (χ4n) is 3.15. The van der Waals surface area contributed by atoms with E-state index in [-0.39, 0.29) is 11.6 Å². The van der Waals surface area contributed by atoms with Gasteiger partial charge in [0.05, 0.1) is 5.52 Å². The van der Waals surface area contributed by atoms with Crippen molar-refractivity contribution in [3.05, 3.63) is 65.9 Å². The first-order valence-electron chi connectivity index (χ1n) is 8.53. The van der Waals surface area contributed by atoms with Gasteiger partial charge in [0.15, 0.2) is 0 Å². The lowest BCUT2D eigenvalue weighted by Gasteiger charge is -2.21. The Hall–Kier alpha value is -2.75. The Kier molecular flexibility index (Phi) is 5.08. The number of hydrogen-bond acceptors (Lipinski definition) is 2. The fraction of sp³-hybridized carbons (Fsp3) is 0.238. The van der Waals surface area contributed by atoms with E-state index in [1.807, 2.05) is 68.4 Å². The molecule has 128 valence electrons. The van der Waals surface area contributed by atoms with Gasteiger partial charge in [-0.05, 0) is 31.0 Å². The Morgan fingerprint density at radius 3 is 2.28 bits per heavy atom. The van der Waals surface area contributed by atoms with Crippen molar-refractivity contribution >= 4 is 16.8 Å². The summed E-state index contributed by atoms with van der Waals surface area (Å²) in [5.41, 5.74) is 2.92. The summed E-state index contributed by atoms with van der Waals surface area (Å²) in [5.74, 6) is -0.222. The van der Waals surface area contributed by atoms with Crippen LogP contribution in [0.2, 0.25) is 0 Å². The highest BCUT2D eigenvalue weighted by atomic mass is 19.1. The Morgan fingerprint density at radius 1 is 1.00 bits per heavy atom. The molecule has 0 bridgehead atoms. The van der Waals surface area contributed by atoms with Gasteiger partial charge < -0.3 is 4.90 Å². The van der Waals surface area contributed by atoms with Gasteiger partial charge in [-0.2, -0.15) is 0 Å². The zero-order valence-corrected chi connectivity index (χ0v) is 14.5. The third-order valence-corrected chi connectivity index (χ3v) is 4.44. The second-order valence-corrected chi connectivity index (χ2v) is 5.81. The predicted molar refractivity (Wildman–Crippen MR) is 99.2 cm³/mol. The van der Waals surface area contributed by atoms with Crippen molar-refractivity contribution in [2.75, 3.05) is 13.1 Å². The molecule has 2 aromatic carbocycles. The summed E-state index contributed by atoms with van der Waals surface area (Å²) in [6.45, 7) is 4.22. The highest BCUT2D eigenvalue weighted by Crippen LogP contribution is 2.34. The molecular formula is C21H21FN2O. The van der Waals surface area contributed by atoms with E-state index < -0.39 is 6.67 Å². The molecule has 0 saturated heterocycles. The van der Waals surface area contributed by atoms with Crippen molar-refractivity contribution in [2.45, 2.75) is 20.5 Å². The summed E-state index contributed by atoms with van der Waals surface area (Å²) in [7, 11) is 0. The molecule has 1 heterocycles. The second kappa shape index (κ2) is 7.43. The van der Waals surface area contributed by atoms with Crippen molar-refractivity contribution in [3.63, 3.8) is 0 Å². The number of hydrogen-bond donors (Lipinski definition) is 0. The van der Waals surface area contributed by atoms with Crippen molar-refractivity contribution in [1.82, 2.24) is 9.88 Å². The molecule has 3 rings (SSSR count). The largest absolute Gasteiger partial charge is 0.338 e. The molecule has 0 saturated carbocycles. The summed E-state index contributed by atoms with van der Waals surface area (Å²) >= 11 is 0. The van der Waals surface area contributed by atoms with E-state index in [4.69, 9.17) is 0 Å². The van der Waals surface area contributed by atoms with Crippen molar-refractivity contribution < 1.29 is 9.18 Å². The van der Waals surface area contributed by atoms with Crippen LogP contribution >= 0.6 is 0 Å². The number of carbonyl (C=O) groups is 1. The van der Waals surface area contributed by atoms with Crippen molar-refractivity contribution in [1.29, 1.82) is 0 Å². The Balaban J connectivity index is 2.34. The number of alkyl halides is 1. The van der Waals surface area contributed by atoms with Crippen molar-refractivity contribution in [3.8, 4) is 11.1 Å². The summed E-state index contributed by atoms with van der Waals surface area (Å²) in [6.07, 6.45) is 0. The van der Waals surface area contributed by atoms with E-state index in [9.17, 15) is 9.18 Å². The number of fused-ring (bicyclic) bond motifs is 1. The first-order valence-corrected chi connectivity index (χ1v) is 8.53. The third kappa shape index (κ3) is 3.12. The summed E-state index contributed by atoms with van der Waals surface area (Å²) < 4.78 is 14.1. The van der Waals surface area contributed by atoms with Gasteiger partial charge in [0, 0.05) is 24.0 Å². The number of benzene rings is 2. The number of halogens is 1. The zero-order valence-electron chi connectivity index (χ0n) is 14.5. The van der Waals surface area contributed by atoms with Gasteiger partial charge >= 0.3 is 0 Å². The first-order chi connectivity index (χ1) is 12.2. The second-order valence-electron chi connectivity index (χ2n) is 5.81. The van der Waals surface area contributed by atoms with E-state index in [0.717, 1.165) is 16.5 Å². The molecule has 1 aromatic heterocycles. The van der Waals surface area contributed by atoms with E-state index >= 15 is 0 Å². The summed E-state index contributed by atoms with van der Waals surface area (Å²) in [6, 6.07) is 17.2. The number of amides is 1. The lowest BCUT2D eigenvalue weighted by atomic mass is 9.94. The molecule has 0 atom stereocenters. The maximum Gasteiger partial charge on any atom is 0.272 e. The minimum absolute atomic E-state index is 0.212. The van der Waals surface area contributed by atoms with E-state index in [0.29, 0.717) is 24.2 Å². The number of rotatable bonds is 5. The SMILES string of the molecule is CCN(CC)C(=O)c1nc2ccccc2c(-c2ccccc2)c1CF. The maximum atomic E-state index is 14.1. The average molecular weight is 336 g/mol. The van der Waals surface area contributed by atoms with Gasteiger partial charge in [-0.15, -0.1) is 0 Å². The minimum atomic E-state index is -0.732. The maximum absolute atomic E-state index is 14.1. The molecule has 25 heavy (non-hydrogen) atoms. The molecule has 1 amide bonds. The molecule has 0 aliphatic carbocycles. The van der Waals surface area contributed by atoms with Crippen molar-refractivity contribution in [2.24, 2.45) is 0 Å². The van der Waals surface area contributed by atoms with Gasteiger partial charge in [0.25, 0.3) is 5.91 Å². The highest BCUT2D eigenvalue weighted by Gasteiger charge is 2.23. The number of aromatic nitrogens is 1. The molecule has 0 aliphatic rings. The predicted octanol–water partition coefficient (Wildman–Crippen LogP) is 4.85. The van der Waals surface area contributed by atoms with Crippen LogP contribution in [-0.2, 0) is 6.67 Å². The van der Waals surface area contributed by atoms with Gasteiger partial charge in [0.2, 0.25) is 0 Å². The topological polar surface area (TPSA) is 33.2 Å². The van der Waals surface area contributed by atoms with E-state index in [1.165, 1.54) is 0 Å². The van der Waals surface area contributed by atoms with Crippen LogP contribution in [-0.4, -0.2) is 28.9 Å². The summed E-state index contributed by atoms with van der Waals surface area (Å²) in [5, 5.41) is 0.859. The average Bonchev–Trinajstić information content (AvgIpc) is 2.67. The lowest BCUT2D eigenvalue weighted by molar-refractivity contribution is 0.0765. The first kappa shape index (κ1) is 17.1. The van der Waals surface area contributed by atoms with Crippen LogP contribution in [0.1, 0.15) is 29.9 Å². The quantitative estimate of drug-likeness (QED) is 0.667. The minimum Gasteiger partial charge on any atom is -0.338 e. The van der Waals surface area contributed by atoms with E-state index in [1.54, 1.807) is 4.90 Å². The van der Waals surface area contributed by atoms with E-state index in [2.05, 4.69) is 4.98 Å². The molecule has 0 fully saturated rings. The fourth-order valence-corrected chi connectivity index (χ4v) is 3.15. The molecular weight excluding hydrogens is 315 g/mol. The summed E-state index contributed by atoms with van der Waals surface area (Å²) in [4.78, 5) is 19.1. The number of nitrogens with zero attached hydrogens (tertiary/aromatic N) is 2. The van der Waals surface area contributed by atoms with Gasteiger partial charge in [0.1, 0.15) is 12.4 Å². The Labute approximate surface area is 147 Å². The molecule has 0 aliphatic heterocycles. The Bertz CT molecular complexity index is 889. The number of para-hydroxylation sites is 1. The van der Waals surface area contributed by atoms with Crippen LogP contribution in [0.3, 0.4) is 0 Å². The number of carbonyl (C=O) groups excluding carboxylic acids is 1. The lowest BCUT2D eigenvalue weighted by Crippen LogP contribution is -2.32. The zero-order chi connectivity index (χ0) is 17.8. The molecule has 0 radical (unpaired) electrons. The van der Waals surface area contributed by atoms with Crippen LogP contribution in [0.4, 0.5) is 4.39 Å². The molecule has 3 aromatic rings. The Morgan fingerprint density at radius 2 is 1.64 bits per heavy atom. The molecule has 0 spiro atoms. The normalized spacial score (nSPS) is 10.8. The van der Waals surface area contributed by atoms with Crippen LogP contribution in [0.15, 0.2) is 54.6 Å². The van der Waals surface area contributed by atoms with Crippen LogP contribution in [0.25, 0.3) is 22.0 Å². The highest BCUT2D eigenvalue weighted by molar-refractivity contribution is 6.03. The molecule has 0 unspecified atom stereocenters. The molecule has 0 N–H and O–H groups in total. The van der Waals surface area contributed by atoms with Crippen LogP contribution in [0.5, 0.6) is 0 Å². The van der Waals surface area contributed by atoms with Gasteiger partial charge in [-0.1, -0.05) is 48.5 Å². The molecule has 3 nitrogen and oxygen atoms in total. The van der Waals surface area contributed by atoms with Crippen LogP contribution < -0.4 is 0 Å². The van der Waals surface area contributed by atoms with Crippen LogP contribution in [0, 0.1) is 0 Å². The van der Waals surface area contributed by atoms with Gasteiger partial charge in [-0.25, -0.2) is 9.37 Å². The number of pyridine rings is 1. The smallest absolute Gasteiger partial charge is 0.272 e. The standard InChI is InChI=1S/C21H21FN2O/c1-3-24(4-2)21(25)20-17(14-22)19(15-10-6-5-7-11-15)16-12-8-9-13-18(16)23-20/h5-13H,3-4,14H2,1-2H3. The monoisotopic (exact) mass is 336 g/mol.